The Morgan fingerprint density at radius 1 is 1.29 bits per heavy atom. The monoisotopic (exact) mass is 231 g/mol. The van der Waals surface area contributed by atoms with Gasteiger partial charge in [-0.1, -0.05) is 0 Å². The molecular weight excluding hydrogens is 214 g/mol. The van der Waals surface area contributed by atoms with Crippen LogP contribution in [-0.2, 0) is 11.2 Å². The van der Waals surface area contributed by atoms with Crippen LogP contribution in [0.5, 0.6) is 0 Å². The van der Waals surface area contributed by atoms with Crippen molar-refractivity contribution in [3.63, 3.8) is 0 Å². The van der Waals surface area contributed by atoms with E-state index in [0.29, 0.717) is 12.5 Å². The Morgan fingerprint density at radius 2 is 2.24 bits per heavy atom. The van der Waals surface area contributed by atoms with Gasteiger partial charge in [-0.3, -0.25) is 4.79 Å². The van der Waals surface area contributed by atoms with Gasteiger partial charge in [0, 0.05) is 30.4 Å². The maximum Gasteiger partial charge on any atom is 0.224 e. The molecule has 17 heavy (non-hydrogen) atoms. The van der Waals surface area contributed by atoms with E-state index >= 15 is 0 Å². The van der Waals surface area contributed by atoms with Crippen LogP contribution < -0.4 is 16.0 Å². The first-order valence-electron chi connectivity index (χ1n) is 6.21. The van der Waals surface area contributed by atoms with E-state index in [9.17, 15) is 4.79 Å². The van der Waals surface area contributed by atoms with E-state index in [0.717, 1.165) is 30.9 Å². The van der Waals surface area contributed by atoms with Crippen LogP contribution in [0, 0.1) is 0 Å². The fourth-order valence-electron chi connectivity index (χ4n) is 2.49. The minimum Gasteiger partial charge on any atom is -0.381 e. The molecule has 1 amide bonds. The molecule has 0 aromatic heterocycles. The molecule has 0 radical (unpaired) electrons. The van der Waals surface area contributed by atoms with Crippen LogP contribution in [0.25, 0.3) is 0 Å². The van der Waals surface area contributed by atoms with E-state index in [4.69, 9.17) is 0 Å². The van der Waals surface area contributed by atoms with Crippen molar-refractivity contribution in [2.75, 3.05) is 23.7 Å². The molecule has 4 nitrogen and oxygen atoms in total. The van der Waals surface area contributed by atoms with Gasteiger partial charge < -0.3 is 16.0 Å². The number of anilines is 2. The lowest BCUT2D eigenvalue weighted by Crippen LogP contribution is -2.23. The molecule has 2 aliphatic rings. The van der Waals surface area contributed by atoms with E-state index in [1.807, 2.05) is 12.1 Å². The second-order valence-electron chi connectivity index (χ2n) is 4.75. The lowest BCUT2D eigenvalue weighted by molar-refractivity contribution is -0.116. The maximum atomic E-state index is 11.3. The van der Waals surface area contributed by atoms with Gasteiger partial charge in [-0.05, 0) is 43.1 Å². The SMILES string of the molecule is O=C1CCc2cc(NC3CCNC3)ccc2N1. The molecule has 1 saturated heterocycles. The summed E-state index contributed by atoms with van der Waals surface area (Å²) >= 11 is 0. The Morgan fingerprint density at radius 3 is 3.06 bits per heavy atom. The molecule has 0 spiro atoms. The van der Waals surface area contributed by atoms with Crippen molar-refractivity contribution in [2.24, 2.45) is 0 Å². The third kappa shape index (κ3) is 2.26. The summed E-state index contributed by atoms with van der Waals surface area (Å²) in [5.74, 6) is 0.123. The van der Waals surface area contributed by atoms with E-state index in [1.54, 1.807) is 0 Å². The van der Waals surface area contributed by atoms with E-state index in [1.165, 1.54) is 12.0 Å². The summed E-state index contributed by atoms with van der Waals surface area (Å²) in [6.07, 6.45) is 2.62. The number of fused-ring (bicyclic) bond motifs is 1. The van der Waals surface area contributed by atoms with Crippen molar-refractivity contribution in [1.82, 2.24) is 5.32 Å². The number of carbonyl (C=O) groups is 1. The van der Waals surface area contributed by atoms with Crippen molar-refractivity contribution in [2.45, 2.75) is 25.3 Å². The summed E-state index contributed by atoms with van der Waals surface area (Å²) in [5, 5.41) is 9.77. The summed E-state index contributed by atoms with van der Waals surface area (Å²) in [6.45, 7) is 2.13. The number of carbonyl (C=O) groups excluding carboxylic acids is 1. The van der Waals surface area contributed by atoms with Crippen molar-refractivity contribution in [1.29, 1.82) is 0 Å². The standard InChI is InChI=1S/C13H17N3O/c17-13-4-1-9-7-10(2-3-12(9)16-13)15-11-5-6-14-8-11/h2-3,7,11,14-15H,1,4-6,8H2,(H,16,17). The van der Waals surface area contributed by atoms with Crippen molar-refractivity contribution >= 4 is 17.3 Å². The molecular formula is C13H17N3O. The second kappa shape index (κ2) is 4.37. The Hall–Kier alpha value is -1.55. The van der Waals surface area contributed by atoms with Crippen molar-refractivity contribution in [3.05, 3.63) is 23.8 Å². The zero-order valence-electron chi connectivity index (χ0n) is 9.75. The Bertz CT molecular complexity index is 438. The molecule has 4 heteroatoms. The number of amides is 1. The molecule has 3 N–H and O–H groups in total. The Kier molecular flexibility index (Phi) is 2.73. The third-order valence-corrected chi connectivity index (χ3v) is 3.43. The summed E-state index contributed by atoms with van der Waals surface area (Å²) < 4.78 is 0. The summed E-state index contributed by atoms with van der Waals surface area (Å²) in [7, 11) is 0. The highest BCUT2D eigenvalue weighted by Gasteiger charge is 2.17. The summed E-state index contributed by atoms with van der Waals surface area (Å²) in [6, 6.07) is 6.73. The molecule has 1 unspecified atom stereocenters. The van der Waals surface area contributed by atoms with Gasteiger partial charge in [0.15, 0.2) is 0 Å². The molecule has 2 aliphatic heterocycles. The van der Waals surface area contributed by atoms with Crippen LogP contribution in [0.3, 0.4) is 0 Å². The van der Waals surface area contributed by atoms with Crippen LogP contribution in [0.2, 0.25) is 0 Å². The maximum absolute atomic E-state index is 11.3. The molecule has 1 atom stereocenters. The first-order chi connectivity index (χ1) is 8.31. The number of hydrogen-bond acceptors (Lipinski definition) is 3. The number of hydrogen-bond donors (Lipinski definition) is 3. The van der Waals surface area contributed by atoms with Crippen LogP contribution >= 0.6 is 0 Å². The van der Waals surface area contributed by atoms with Crippen LogP contribution in [0.4, 0.5) is 11.4 Å². The van der Waals surface area contributed by atoms with Gasteiger partial charge >= 0.3 is 0 Å². The molecule has 1 aromatic rings. The smallest absolute Gasteiger partial charge is 0.224 e. The van der Waals surface area contributed by atoms with Crippen molar-refractivity contribution in [3.8, 4) is 0 Å². The predicted molar refractivity (Wildman–Crippen MR) is 68.3 cm³/mol. The minimum atomic E-state index is 0.123. The lowest BCUT2D eigenvalue weighted by atomic mass is 10.0. The first-order valence-corrected chi connectivity index (χ1v) is 6.21. The number of rotatable bonds is 2. The zero-order chi connectivity index (χ0) is 11.7. The van der Waals surface area contributed by atoms with Crippen molar-refractivity contribution < 1.29 is 4.79 Å². The fraction of sp³-hybridized carbons (Fsp3) is 0.462. The van der Waals surface area contributed by atoms with Gasteiger partial charge in [-0.2, -0.15) is 0 Å². The van der Waals surface area contributed by atoms with Crippen LogP contribution in [-0.4, -0.2) is 25.0 Å². The largest absolute Gasteiger partial charge is 0.381 e. The van der Waals surface area contributed by atoms with Gasteiger partial charge in [-0.25, -0.2) is 0 Å². The highest BCUT2D eigenvalue weighted by atomic mass is 16.1. The Balaban J connectivity index is 1.76. The molecule has 1 aromatic carbocycles. The predicted octanol–water partition coefficient (Wildman–Crippen LogP) is 1.35. The molecule has 0 saturated carbocycles. The Labute approximate surface area is 101 Å². The summed E-state index contributed by atoms with van der Waals surface area (Å²) in [4.78, 5) is 11.3. The molecule has 0 aliphatic carbocycles. The highest BCUT2D eigenvalue weighted by molar-refractivity contribution is 5.94. The average molecular weight is 231 g/mol. The average Bonchev–Trinajstić information content (AvgIpc) is 2.82. The topological polar surface area (TPSA) is 53.2 Å². The normalized spacial score (nSPS) is 23.1. The number of aryl methyl sites for hydroxylation is 1. The number of nitrogens with one attached hydrogen (secondary N) is 3. The van der Waals surface area contributed by atoms with Gasteiger partial charge in [0.25, 0.3) is 0 Å². The molecule has 90 valence electrons. The van der Waals surface area contributed by atoms with Crippen LogP contribution in [0.15, 0.2) is 18.2 Å². The quantitative estimate of drug-likeness (QED) is 0.720. The minimum absolute atomic E-state index is 0.123. The molecule has 3 rings (SSSR count). The first kappa shape index (κ1) is 10.6. The van der Waals surface area contributed by atoms with E-state index in [-0.39, 0.29) is 5.91 Å². The number of benzene rings is 1. The van der Waals surface area contributed by atoms with Gasteiger partial charge in [0.1, 0.15) is 0 Å². The lowest BCUT2D eigenvalue weighted by Gasteiger charge is -2.19. The highest BCUT2D eigenvalue weighted by Crippen LogP contribution is 2.26. The second-order valence-corrected chi connectivity index (χ2v) is 4.75. The third-order valence-electron chi connectivity index (χ3n) is 3.43. The fourth-order valence-corrected chi connectivity index (χ4v) is 2.49. The van der Waals surface area contributed by atoms with E-state index in [2.05, 4.69) is 22.0 Å². The van der Waals surface area contributed by atoms with Crippen LogP contribution in [0.1, 0.15) is 18.4 Å². The summed E-state index contributed by atoms with van der Waals surface area (Å²) in [5.41, 5.74) is 3.37. The zero-order valence-corrected chi connectivity index (χ0v) is 9.75. The van der Waals surface area contributed by atoms with Gasteiger partial charge in [0.2, 0.25) is 5.91 Å². The molecule has 2 heterocycles. The molecule has 1 fully saturated rings. The van der Waals surface area contributed by atoms with E-state index < -0.39 is 0 Å². The van der Waals surface area contributed by atoms with Gasteiger partial charge in [-0.15, -0.1) is 0 Å². The van der Waals surface area contributed by atoms with Gasteiger partial charge in [0.05, 0.1) is 0 Å². The molecule has 0 bridgehead atoms.